The Labute approximate surface area is 216 Å². The summed E-state index contributed by atoms with van der Waals surface area (Å²) < 4.78 is 11.4. The Bertz CT molecular complexity index is 627. The van der Waals surface area contributed by atoms with E-state index in [9.17, 15) is 4.91 Å². The molecule has 1 aliphatic rings. The van der Waals surface area contributed by atoms with Gasteiger partial charge in [-0.25, -0.2) is 0 Å². The van der Waals surface area contributed by atoms with Crippen molar-refractivity contribution in [2.24, 2.45) is 5.18 Å². The number of methoxy groups -OCH3 is 1. The third kappa shape index (κ3) is 13.4. The normalized spacial score (nSPS) is 14.5. The maximum Gasteiger partial charge on any atom is 0.133 e. The van der Waals surface area contributed by atoms with E-state index in [1.807, 2.05) is 6.92 Å². The second-order valence-corrected chi connectivity index (χ2v) is 9.99. The molecule has 6 nitrogen and oxygen atoms in total. The average molecular weight is 494 g/mol. The minimum atomic E-state index is 0.420. The summed E-state index contributed by atoms with van der Waals surface area (Å²) in [5, 5.41) is 3.08. The molecule has 0 aliphatic heterocycles. The monoisotopic (exact) mass is 493 g/mol. The third-order valence-corrected chi connectivity index (χ3v) is 7.11. The lowest BCUT2D eigenvalue weighted by molar-refractivity contribution is 0.169. The summed E-state index contributed by atoms with van der Waals surface area (Å²) in [6.45, 7) is 16.5. The molecule has 35 heavy (non-hydrogen) atoms. The standard InChI is InChI=1S/C29H55N3O3/c1-7-10-21-32(22-15-20-30-33)28(27-18-19-27)24-31(9-3)25(4)16-13-12-14-17-29(34-6)26(5)35-23-11-8-2/h25H,7-24H2,1-6H3/b29-26-/t25-/m0/s1. The second kappa shape index (κ2) is 19.6. The SMILES string of the molecule is CCCCO/C(C)=C(/CCCCC[C@H](C)N(CC)CC(=C1CC1)N(CCCC)CCCN=O)OC. The van der Waals surface area contributed by atoms with E-state index in [1.54, 1.807) is 12.7 Å². The van der Waals surface area contributed by atoms with E-state index in [0.29, 0.717) is 12.6 Å². The largest absolute Gasteiger partial charge is 0.498 e. The van der Waals surface area contributed by atoms with Gasteiger partial charge in [0.25, 0.3) is 0 Å². The van der Waals surface area contributed by atoms with Crippen molar-refractivity contribution in [3.8, 4) is 0 Å². The van der Waals surface area contributed by atoms with Gasteiger partial charge in [-0.05, 0) is 70.9 Å². The first-order valence-electron chi connectivity index (χ1n) is 14.4. The van der Waals surface area contributed by atoms with Crippen LogP contribution in [0.5, 0.6) is 0 Å². The number of ether oxygens (including phenoxy) is 2. The Morgan fingerprint density at radius 2 is 1.71 bits per heavy atom. The Morgan fingerprint density at radius 1 is 1.00 bits per heavy atom. The first-order valence-corrected chi connectivity index (χ1v) is 14.4. The van der Waals surface area contributed by atoms with Gasteiger partial charge in [0.1, 0.15) is 11.5 Å². The molecule has 1 aliphatic carbocycles. The fourth-order valence-corrected chi connectivity index (χ4v) is 4.57. The molecule has 0 aromatic rings. The van der Waals surface area contributed by atoms with Gasteiger partial charge in [0.2, 0.25) is 0 Å². The minimum Gasteiger partial charge on any atom is -0.498 e. The molecule has 0 N–H and O–H groups in total. The van der Waals surface area contributed by atoms with Gasteiger partial charge in [0.05, 0.1) is 20.3 Å². The van der Waals surface area contributed by atoms with Crippen molar-refractivity contribution in [1.29, 1.82) is 0 Å². The number of hydrogen-bond donors (Lipinski definition) is 0. The number of nitrogens with zero attached hydrogens (tertiary/aromatic N) is 3. The van der Waals surface area contributed by atoms with Crippen molar-refractivity contribution in [2.45, 2.75) is 118 Å². The van der Waals surface area contributed by atoms with Gasteiger partial charge in [-0.1, -0.05) is 51.6 Å². The molecule has 1 atom stereocenters. The quantitative estimate of drug-likeness (QED) is 0.0831. The first-order chi connectivity index (χ1) is 17.0. The molecule has 0 unspecified atom stereocenters. The van der Waals surface area contributed by atoms with Crippen LogP contribution in [0, 0.1) is 4.91 Å². The highest BCUT2D eigenvalue weighted by molar-refractivity contribution is 5.26. The van der Waals surface area contributed by atoms with Crippen molar-refractivity contribution in [3.63, 3.8) is 0 Å². The summed E-state index contributed by atoms with van der Waals surface area (Å²) in [7, 11) is 1.76. The van der Waals surface area contributed by atoms with Crippen LogP contribution in [0.25, 0.3) is 0 Å². The van der Waals surface area contributed by atoms with Gasteiger partial charge in [-0.2, -0.15) is 4.91 Å². The van der Waals surface area contributed by atoms with E-state index >= 15 is 0 Å². The average Bonchev–Trinajstić information content (AvgIpc) is 3.70. The number of nitroso groups, excluding NO2 is 1. The number of unbranched alkanes of at least 4 members (excludes halogenated alkanes) is 4. The predicted molar refractivity (Wildman–Crippen MR) is 148 cm³/mol. The van der Waals surface area contributed by atoms with E-state index in [1.165, 1.54) is 50.6 Å². The molecule has 6 heteroatoms. The lowest BCUT2D eigenvalue weighted by atomic mass is 10.1. The number of likely N-dealkylation sites (N-methyl/N-ethyl adjacent to an activating group) is 1. The summed E-state index contributed by atoms with van der Waals surface area (Å²) in [6, 6.07) is 0.565. The van der Waals surface area contributed by atoms with Gasteiger partial charge in [-0.15, -0.1) is 0 Å². The first kappa shape index (κ1) is 31.5. The van der Waals surface area contributed by atoms with Crippen LogP contribution >= 0.6 is 0 Å². The zero-order chi connectivity index (χ0) is 25.9. The maximum absolute atomic E-state index is 10.6. The van der Waals surface area contributed by atoms with Crippen molar-refractivity contribution in [2.75, 3.05) is 46.4 Å². The molecule has 0 heterocycles. The lowest BCUT2D eigenvalue weighted by Crippen LogP contribution is -2.39. The molecule has 0 spiro atoms. The van der Waals surface area contributed by atoms with Crippen molar-refractivity contribution in [3.05, 3.63) is 27.7 Å². The highest BCUT2D eigenvalue weighted by Gasteiger charge is 2.25. The van der Waals surface area contributed by atoms with E-state index in [4.69, 9.17) is 9.47 Å². The molecular weight excluding hydrogens is 438 g/mol. The molecule has 204 valence electrons. The fraction of sp³-hybridized carbons (Fsp3) is 0.862. The van der Waals surface area contributed by atoms with Gasteiger partial charge >= 0.3 is 0 Å². The molecule has 0 saturated heterocycles. The molecule has 1 rings (SSSR count). The molecule has 1 saturated carbocycles. The molecule has 0 bridgehead atoms. The topological polar surface area (TPSA) is 54.4 Å². The lowest BCUT2D eigenvalue weighted by Gasteiger charge is -2.34. The van der Waals surface area contributed by atoms with Gasteiger partial charge in [0.15, 0.2) is 0 Å². The number of hydrogen-bond acceptors (Lipinski definition) is 6. The molecule has 0 radical (unpaired) electrons. The zero-order valence-electron chi connectivity index (χ0n) is 23.9. The molecule has 0 aromatic heterocycles. The van der Waals surface area contributed by atoms with Crippen LogP contribution < -0.4 is 0 Å². The van der Waals surface area contributed by atoms with E-state index < -0.39 is 0 Å². The molecule has 1 fully saturated rings. The fourth-order valence-electron chi connectivity index (χ4n) is 4.57. The van der Waals surface area contributed by atoms with Crippen LogP contribution in [0.3, 0.4) is 0 Å². The summed E-state index contributed by atoms with van der Waals surface area (Å²) in [4.78, 5) is 15.8. The Hall–Kier alpha value is -1.56. The predicted octanol–water partition coefficient (Wildman–Crippen LogP) is 7.65. The van der Waals surface area contributed by atoms with Gasteiger partial charge < -0.3 is 14.4 Å². The zero-order valence-corrected chi connectivity index (χ0v) is 23.9. The van der Waals surface area contributed by atoms with Crippen LogP contribution in [0.4, 0.5) is 0 Å². The van der Waals surface area contributed by atoms with Crippen LogP contribution in [0.2, 0.25) is 0 Å². The Balaban J connectivity index is 2.54. The highest BCUT2D eigenvalue weighted by atomic mass is 16.5. The van der Waals surface area contributed by atoms with Crippen molar-refractivity contribution in [1.82, 2.24) is 9.80 Å². The van der Waals surface area contributed by atoms with Gasteiger partial charge in [0, 0.05) is 37.8 Å². The van der Waals surface area contributed by atoms with Crippen molar-refractivity contribution >= 4 is 0 Å². The summed E-state index contributed by atoms with van der Waals surface area (Å²) in [6.07, 6.45) is 13.7. The summed E-state index contributed by atoms with van der Waals surface area (Å²) in [5.41, 5.74) is 3.16. The molecule has 0 amide bonds. The van der Waals surface area contributed by atoms with Crippen LogP contribution in [0.15, 0.2) is 28.0 Å². The van der Waals surface area contributed by atoms with Crippen LogP contribution in [0.1, 0.15) is 112 Å². The highest BCUT2D eigenvalue weighted by Crippen LogP contribution is 2.34. The van der Waals surface area contributed by atoms with Crippen LogP contribution in [-0.4, -0.2) is 62.3 Å². The third-order valence-electron chi connectivity index (χ3n) is 7.11. The number of allylic oxidation sites excluding steroid dienone is 3. The van der Waals surface area contributed by atoms with E-state index in [0.717, 1.165) is 76.4 Å². The molecular formula is C29H55N3O3. The van der Waals surface area contributed by atoms with E-state index in [2.05, 4.69) is 42.7 Å². The molecule has 0 aromatic carbocycles. The van der Waals surface area contributed by atoms with E-state index in [-0.39, 0.29) is 0 Å². The number of rotatable bonds is 23. The summed E-state index contributed by atoms with van der Waals surface area (Å²) >= 11 is 0. The minimum absolute atomic E-state index is 0.420. The van der Waals surface area contributed by atoms with Crippen LogP contribution in [-0.2, 0) is 9.47 Å². The van der Waals surface area contributed by atoms with Crippen molar-refractivity contribution < 1.29 is 9.47 Å². The maximum atomic E-state index is 10.6. The second-order valence-electron chi connectivity index (χ2n) is 9.99. The Morgan fingerprint density at radius 3 is 2.31 bits per heavy atom. The summed E-state index contributed by atoms with van der Waals surface area (Å²) in [5.74, 6) is 1.95. The Kier molecular flexibility index (Phi) is 17.6. The smallest absolute Gasteiger partial charge is 0.133 e. The van der Waals surface area contributed by atoms with Gasteiger partial charge in [-0.3, -0.25) is 4.90 Å².